The summed E-state index contributed by atoms with van der Waals surface area (Å²) in [6.07, 6.45) is 8.26. The lowest BCUT2D eigenvalue weighted by Gasteiger charge is -2.44. The average molecular weight is 277 g/mol. The van der Waals surface area contributed by atoms with Gasteiger partial charge in [0, 0.05) is 6.54 Å². The van der Waals surface area contributed by atoms with Crippen molar-refractivity contribution < 1.29 is 9.94 Å². The maximum atomic E-state index is 8.63. The monoisotopic (exact) mass is 277 g/mol. The molecule has 0 radical (unpaired) electrons. The van der Waals surface area contributed by atoms with Crippen LogP contribution in [0.5, 0.6) is 0 Å². The van der Waals surface area contributed by atoms with Gasteiger partial charge in [-0.25, -0.2) is 9.97 Å². The fourth-order valence-corrected chi connectivity index (χ4v) is 3.03. The third-order valence-corrected chi connectivity index (χ3v) is 4.03. The predicted octanol–water partition coefficient (Wildman–Crippen LogP) is 0.719. The van der Waals surface area contributed by atoms with Crippen LogP contribution >= 0.6 is 0 Å². The zero-order valence-electron chi connectivity index (χ0n) is 11.3. The van der Waals surface area contributed by atoms with Crippen LogP contribution in [-0.2, 0) is 4.74 Å². The van der Waals surface area contributed by atoms with Gasteiger partial charge in [0.05, 0.1) is 31.1 Å². The van der Waals surface area contributed by atoms with Crippen molar-refractivity contribution in [3.63, 3.8) is 0 Å². The highest BCUT2D eigenvalue weighted by Crippen LogP contribution is 2.30. The standard InChI is InChI=1S/C13H19N5O2/c14-13(17-19)9-7-16-12(8-15-9)18-5-6-20-11-4-2-1-3-10(11)18/h7-8,10-11,19H,1-6H2,(H2,14,17). The van der Waals surface area contributed by atoms with Gasteiger partial charge in [0.15, 0.2) is 5.84 Å². The molecule has 1 saturated carbocycles. The number of ether oxygens (including phenoxy) is 1. The fourth-order valence-electron chi connectivity index (χ4n) is 3.03. The number of nitrogens with zero attached hydrogens (tertiary/aromatic N) is 4. The van der Waals surface area contributed by atoms with E-state index in [1.165, 1.54) is 19.0 Å². The Morgan fingerprint density at radius 1 is 1.35 bits per heavy atom. The fraction of sp³-hybridized carbons (Fsp3) is 0.615. The Labute approximate surface area is 117 Å². The Morgan fingerprint density at radius 3 is 2.95 bits per heavy atom. The zero-order valence-corrected chi connectivity index (χ0v) is 11.3. The molecule has 1 aliphatic heterocycles. The van der Waals surface area contributed by atoms with Crippen molar-refractivity contribution in [1.29, 1.82) is 0 Å². The second kappa shape index (κ2) is 5.62. The minimum atomic E-state index is -0.0263. The van der Waals surface area contributed by atoms with Crippen molar-refractivity contribution in [1.82, 2.24) is 9.97 Å². The molecule has 2 aliphatic rings. The summed E-state index contributed by atoms with van der Waals surface area (Å²) in [5.74, 6) is 0.807. The van der Waals surface area contributed by atoms with Crippen molar-refractivity contribution in [2.75, 3.05) is 18.1 Å². The zero-order chi connectivity index (χ0) is 13.9. The minimum Gasteiger partial charge on any atom is -0.409 e. The molecule has 2 fully saturated rings. The Hall–Kier alpha value is -1.89. The Morgan fingerprint density at radius 2 is 2.20 bits per heavy atom. The first-order valence-electron chi connectivity index (χ1n) is 6.98. The molecular weight excluding hydrogens is 258 g/mol. The van der Waals surface area contributed by atoms with E-state index in [-0.39, 0.29) is 5.84 Å². The van der Waals surface area contributed by atoms with Gasteiger partial charge in [-0.15, -0.1) is 0 Å². The summed E-state index contributed by atoms with van der Waals surface area (Å²) < 4.78 is 5.85. The SMILES string of the molecule is NC(=NO)c1cnc(N2CCOC3CCCCC32)cn1. The van der Waals surface area contributed by atoms with Crippen molar-refractivity contribution in [2.24, 2.45) is 10.9 Å². The third-order valence-electron chi connectivity index (χ3n) is 4.03. The molecule has 1 saturated heterocycles. The van der Waals surface area contributed by atoms with E-state index < -0.39 is 0 Å². The van der Waals surface area contributed by atoms with E-state index in [2.05, 4.69) is 20.0 Å². The van der Waals surface area contributed by atoms with Crippen LogP contribution in [0.3, 0.4) is 0 Å². The summed E-state index contributed by atoms with van der Waals surface area (Å²) in [6.45, 7) is 1.56. The number of hydrogen-bond acceptors (Lipinski definition) is 6. The third kappa shape index (κ3) is 2.40. The molecule has 1 aliphatic carbocycles. The number of anilines is 1. The lowest BCUT2D eigenvalue weighted by atomic mass is 9.90. The van der Waals surface area contributed by atoms with Gasteiger partial charge in [-0.2, -0.15) is 0 Å². The van der Waals surface area contributed by atoms with E-state index in [1.54, 1.807) is 6.20 Å². The molecule has 2 atom stereocenters. The number of fused-ring (bicyclic) bond motifs is 1. The molecule has 1 aromatic heterocycles. The number of aromatic nitrogens is 2. The van der Waals surface area contributed by atoms with Crippen LogP contribution in [0.25, 0.3) is 0 Å². The van der Waals surface area contributed by atoms with Crippen LogP contribution in [0.15, 0.2) is 17.5 Å². The van der Waals surface area contributed by atoms with E-state index in [0.717, 1.165) is 31.8 Å². The highest BCUT2D eigenvalue weighted by molar-refractivity contribution is 5.94. The normalized spacial score (nSPS) is 27.2. The van der Waals surface area contributed by atoms with Crippen molar-refractivity contribution in [2.45, 2.75) is 37.8 Å². The summed E-state index contributed by atoms with van der Waals surface area (Å²) in [6, 6.07) is 0.390. The molecule has 0 amide bonds. The van der Waals surface area contributed by atoms with Crippen molar-refractivity contribution >= 4 is 11.7 Å². The molecule has 3 N–H and O–H groups in total. The minimum absolute atomic E-state index is 0.0263. The first kappa shape index (κ1) is 13.1. The van der Waals surface area contributed by atoms with Crippen LogP contribution in [-0.4, -0.2) is 46.3 Å². The number of oxime groups is 1. The number of rotatable bonds is 2. The maximum absolute atomic E-state index is 8.63. The summed E-state index contributed by atoms with van der Waals surface area (Å²) in [7, 11) is 0. The quantitative estimate of drug-likeness (QED) is 0.358. The molecule has 0 bridgehead atoms. The van der Waals surface area contributed by atoms with Gasteiger partial charge in [0.1, 0.15) is 11.5 Å². The Balaban J connectivity index is 1.80. The molecule has 0 aromatic carbocycles. The smallest absolute Gasteiger partial charge is 0.190 e. The lowest BCUT2D eigenvalue weighted by Crippen LogP contribution is -2.53. The topological polar surface area (TPSA) is 96.9 Å². The second-order valence-electron chi connectivity index (χ2n) is 5.20. The number of hydrogen-bond donors (Lipinski definition) is 2. The van der Waals surface area contributed by atoms with Gasteiger partial charge >= 0.3 is 0 Å². The molecule has 7 nitrogen and oxygen atoms in total. The molecule has 3 rings (SSSR count). The molecule has 2 unspecified atom stereocenters. The number of morpholine rings is 1. The molecule has 108 valence electrons. The van der Waals surface area contributed by atoms with Crippen molar-refractivity contribution in [3.05, 3.63) is 18.1 Å². The average Bonchev–Trinajstić information content (AvgIpc) is 2.54. The van der Waals surface area contributed by atoms with Gasteiger partial charge < -0.3 is 20.6 Å². The van der Waals surface area contributed by atoms with E-state index >= 15 is 0 Å². The second-order valence-corrected chi connectivity index (χ2v) is 5.20. The molecule has 7 heteroatoms. The van der Waals surface area contributed by atoms with Crippen LogP contribution in [0.2, 0.25) is 0 Å². The van der Waals surface area contributed by atoms with Gasteiger partial charge in [-0.3, -0.25) is 0 Å². The summed E-state index contributed by atoms with van der Waals surface area (Å²) in [5.41, 5.74) is 5.87. The largest absolute Gasteiger partial charge is 0.409 e. The molecule has 2 heterocycles. The molecule has 0 spiro atoms. The molecular formula is C13H19N5O2. The highest BCUT2D eigenvalue weighted by atomic mass is 16.5. The van der Waals surface area contributed by atoms with Gasteiger partial charge in [-0.05, 0) is 12.8 Å². The number of nitrogens with two attached hydrogens (primary N) is 1. The van der Waals surface area contributed by atoms with E-state index in [9.17, 15) is 0 Å². The van der Waals surface area contributed by atoms with Crippen LogP contribution in [0, 0.1) is 0 Å². The highest BCUT2D eigenvalue weighted by Gasteiger charge is 2.34. The predicted molar refractivity (Wildman–Crippen MR) is 73.9 cm³/mol. The number of amidine groups is 1. The molecule has 1 aromatic rings. The summed E-state index contributed by atoms with van der Waals surface area (Å²) in [5, 5.41) is 11.6. The van der Waals surface area contributed by atoms with E-state index in [0.29, 0.717) is 17.8 Å². The first-order valence-corrected chi connectivity index (χ1v) is 6.98. The molecule has 20 heavy (non-hydrogen) atoms. The summed E-state index contributed by atoms with van der Waals surface area (Å²) in [4.78, 5) is 10.9. The van der Waals surface area contributed by atoms with Crippen molar-refractivity contribution in [3.8, 4) is 0 Å². The Kier molecular flexibility index (Phi) is 3.68. The maximum Gasteiger partial charge on any atom is 0.190 e. The summed E-state index contributed by atoms with van der Waals surface area (Å²) >= 11 is 0. The van der Waals surface area contributed by atoms with E-state index in [4.69, 9.17) is 15.7 Å². The van der Waals surface area contributed by atoms with Gasteiger partial charge in [0.2, 0.25) is 0 Å². The van der Waals surface area contributed by atoms with Crippen LogP contribution < -0.4 is 10.6 Å². The Bertz CT molecular complexity index is 488. The van der Waals surface area contributed by atoms with E-state index in [1.807, 2.05) is 0 Å². The van der Waals surface area contributed by atoms with Crippen LogP contribution in [0.1, 0.15) is 31.4 Å². The van der Waals surface area contributed by atoms with Gasteiger partial charge in [-0.1, -0.05) is 18.0 Å². The van der Waals surface area contributed by atoms with Crippen LogP contribution in [0.4, 0.5) is 5.82 Å². The lowest BCUT2D eigenvalue weighted by molar-refractivity contribution is -0.00901. The van der Waals surface area contributed by atoms with Gasteiger partial charge in [0.25, 0.3) is 0 Å². The first-order chi connectivity index (χ1) is 9.79.